The highest BCUT2D eigenvalue weighted by Gasteiger charge is 2.20. The van der Waals surface area contributed by atoms with Crippen molar-refractivity contribution < 1.29 is 13.2 Å². The number of aryl methyl sites for hydroxylation is 3. The fraction of sp³-hybridized carbons (Fsp3) is 0.158. The van der Waals surface area contributed by atoms with Crippen LogP contribution in [0.25, 0.3) is 0 Å². The first-order chi connectivity index (χ1) is 12.3. The second kappa shape index (κ2) is 7.13. The zero-order valence-corrected chi connectivity index (χ0v) is 15.5. The summed E-state index contributed by atoms with van der Waals surface area (Å²) in [5.74, 6) is 0.792. The van der Waals surface area contributed by atoms with E-state index >= 15 is 0 Å². The van der Waals surface area contributed by atoms with Crippen LogP contribution in [0, 0.1) is 20.8 Å². The predicted octanol–water partition coefficient (Wildman–Crippen LogP) is 3.99. The lowest BCUT2D eigenvalue weighted by atomic mass is 10.1. The molecule has 7 heteroatoms. The van der Waals surface area contributed by atoms with Crippen molar-refractivity contribution in [2.45, 2.75) is 25.7 Å². The van der Waals surface area contributed by atoms with Crippen LogP contribution in [0.5, 0.6) is 11.6 Å². The first-order valence-electron chi connectivity index (χ1n) is 8.00. The number of hydrogen-bond donors (Lipinski definition) is 1. The lowest BCUT2D eigenvalue weighted by molar-refractivity contribution is 0.460. The quantitative estimate of drug-likeness (QED) is 0.735. The Morgan fingerprint density at radius 1 is 1.00 bits per heavy atom. The molecule has 0 unspecified atom stereocenters. The fourth-order valence-corrected chi connectivity index (χ4v) is 4.38. The Labute approximate surface area is 153 Å². The topological polar surface area (TPSA) is 81.2 Å². The van der Waals surface area contributed by atoms with E-state index < -0.39 is 10.0 Å². The predicted molar refractivity (Wildman–Crippen MR) is 100 cm³/mol. The van der Waals surface area contributed by atoms with Crippen molar-refractivity contribution in [2.75, 3.05) is 4.72 Å². The highest BCUT2D eigenvalue weighted by atomic mass is 32.2. The van der Waals surface area contributed by atoms with Gasteiger partial charge < -0.3 is 4.74 Å². The molecule has 0 saturated carbocycles. The van der Waals surface area contributed by atoms with Crippen LogP contribution in [0.1, 0.15) is 16.7 Å². The molecule has 6 nitrogen and oxygen atoms in total. The lowest BCUT2D eigenvalue weighted by Gasteiger charge is -2.14. The Morgan fingerprint density at radius 3 is 2.38 bits per heavy atom. The molecule has 1 aromatic heterocycles. The summed E-state index contributed by atoms with van der Waals surface area (Å²) in [4.78, 5) is 8.26. The van der Waals surface area contributed by atoms with Gasteiger partial charge in [-0.3, -0.25) is 9.71 Å². The fourth-order valence-electron chi connectivity index (χ4n) is 2.88. The van der Waals surface area contributed by atoms with E-state index in [1.54, 1.807) is 44.3 Å². The van der Waals surface area contributed by atoms with Crippen molar-refractivity contribution in [2.24, 2.45) is 0 Å². The minimum Gasteiger partial charge on any atom is -0.437 e. The molecule has 0 atom stereocenters. The Bertz CT molecular complexity index is 1010. The first-order valence-corrected chi connectivity index (χ1v) is 9.48. The minimum absolute atomic E-state index is 0.295. The average Bonchev–Trinajstić information content (AvgIpc) is 2.54. The molecule has 0 amide bonds. The number of ether oxygens (including phenoxy) is 1. The molecular formula is C19H19N3O3S. The Kier molecular flexibility index (Phi) is 4.90. The van der Waals surface area contributed by atoms with Gasteiger partial charge in [0.15, 0.2) is 0 Å². The van der Waals surface area contributed by atoms with Gasteiger partial charge in [0.25, 0.3) is 10.0 Å². The van der Waals surface area contributed by atoms with Gasteiger partial charge in [-0.25, -0.2) is 13.4 Å². The largest absolute Gasteiger partial charge is 0.437 e. The number of anilines is 1. The lowest BCUT2D eigenvalue weighted by Crippen LogP contribution is -2.16. The molecule has 26 heavy (non-hydrogen) atoms. The third-order valence-corrected chi connectivity index (χ3v) is 5.41. The molecular weight excluding hydrogens is 350 g/mol. The third kappa shape index (κ3) is 4.00. The number of hydrogen-bond acceptors (Lipinski definition) is 5. The van der Waals surface area contributed by atoms with Gasteiger partial charge in [-0.1, -0.05) is 23.8 Å². The van der Waals surface area contributed by atoms with Crippen molar-refractivity contribution in [1.82, 2.24) is 9.97 Å². The summed E-state index contributed by atoms with van der Waals surface area (Å²) in [5.41, 5.74) is 2.85. The molecule has 0 aliphatic heterocycles. The van der Waals surface area contributed by atoms with Crippen LogP contribution in [-0.2, 0) is 10.0 Å². The summed E-state index contributed by atoms with van der Waals surface area (Å²) in [5, 5.41) is 0. The van der Waals surface area contributed by atoms with Crippen LogP contribution in [-0.4, -0.2) is 18.4 Å². The summed E-state index contributed by atoms with van der Waals surface area (Å²) in [7, 11) is -3.71. The maximum absolute atomic E-state index is 12.8. The van der Waals surface area contributed by atoms with Crippen molar-refractivity contribution >= 4 is 15.7 Å². The van der Waals surface area contributed by atoms with E-state index in [1.165, 1.54) is 12.4 Å². The van der Waals surface area contributed by atoms with E-state index in [2.05, 4.69) is 14.7 Å². The van der Waals surface area contributed by atoms with E-state index in [9.17, 15) is 8.42 Å². The van der Waals surface area contributed by atoms with E-state index in [0.29, 0.717) is 33.3 Å². The molecule has 0 spiro atoms. The van der Waals surface area contributed by atoms with Gasteiger partial charge in [-0.05, 0) is 44.0 Å². The van der Waals surface area contributed by atoms with Crippen molar-refractivity contribution in [1.29, 1.82) is 0 Å². The summed E-state index contributed by atoms with van der Waals surface area (Å²) < 4.78 is 33.9. The average molecular weight is 369 g/mol. The Balaban J connectivity index is 1.88. The number of aromatic nitrogens is 2. The molecule has 1 heterocycles. The van der Waals surface area contributed by atoms with Crippen molar-refractivity contribution in [3.05, 3.63) is 71.7 Å². The van der Waals surface area contributed by atoms with Crippen LogP contribution < -0.4 is 9.46 Å². The summed E-state index contributed by atoms with van der Waals surface area (Å²) in [6, 6.07) is 10.4. The molecule has 0 aliphatic rings. The Hall–Kier alpha value is -2.93. The number of nitrogens with zero attached hydrogens (tertiary/aromatic N) is 2. The Morgan fingerprint density at radius 2 is 1.73 bits per heavy atom. The van der Waals surface area contributed by atoms with Gasteiger partial charge in [-0.2, -0.15) is 0 Å². The summed E-state index contributed by atoms with van der Waals surface area (Å²) >= 11 is 0. The monoisotopic (exact) mass is 369 g/mol. The molecule has 2 aromatic carbocycles. The normalized spacial score (nSPS) is 11.2. The molecule has 3 aromatic rings. The smallest absolute Gasteiger partial charge is 0.262 e. The van der Waals surface area contributed by atoms with Crippen molar-refractivity contribution in [3.8, 4) is 11.6 Å². The highest BCUT2D eigenvalue weighted by Crippen LogP contribution is 2.27. The molecule has 1 N–H and O–H groups in total. The molecule has 0 bridgehead atoms. The molecule has 134 valence electrons. The number of sulfonamides is 1. The molecule has 0 saturated heterocycles. The van der Waals surface area contributed by atoms with Gasteiger partial charge in [0.05, 0.1) is 16.8 Å². The van der Waals surface area contributed by atoms with Crippen LogP contribution in [0.3, 0.4) is 0 Å². The zero-order chi connectivity index (χ0) is 18.7. The van der Waals surface area contributed by atoms with E-state index in [-0.39, 0.29) is 0 Å². The first kappa shape index (κ1) is 17.9. The highest BCUT2D eigenvalue weighted by molar-refractivity contribution is 7.92. The SMILES string of the molecule is Cc1cc(C)c(S(=O)(=O)Nc2cccc(Oc3cnccn3)c2)c(C)c1. The minimum atomic E-state index is -3.71. The molecule has 0 aliphatic carbocycles. The molecule has 3 rings (SSSR count). The van der Waals surface area contributed by atoms with Crippen LogP contribution in [0.2, 0.25) is 0 Å². The van der Waals surface area contributed by atoms with E-state index in [0.717, 1.165) is 5.56 Å². The summed E-state index contributed by atoms with van der Waals surface area (Å²) in [6.07, 6.45) is 4.55. The van der Waals surface area contributed by atoms with Crippen LogP contribution >= 0.6 is 0 Å². The van der Waals surface area contributed by atoms with E-state index in [4.69, 9.17) is 4.74 Å². The molecule has 0 fully saturated rings. The second-order valence-corrected chi connectivity index (χ2v) is 7.63. The van der Waals surface area contributed by atoms with Crippen LogP contribution in [0.15, 0.2) is 59.9 Å². The van der Waals surface area contributed by atoms with Gasteiger partial charge in [0.1, 0.15) is 5.75 Å². The van der Waals surface area contributed by atoms with Crippen LogP contribution in [0.4, 0.5) is 5.69 Å². The number of nitrogens with one attached hydrogen (secondary N) is 1. The van der Waals surface area contributed by atoms with Gasteiger partial charge in [0, 0.05) is 18.5 Å². The van der Waals surface area contributed by atoms with Gasteiger partial charge in [0.2, 0.25) is 5.88 Å². The second-order valence-electron chi connectivity index (χ2n) is 6.01. The number of rotatable bonds is 5. The van der Waals surface area contributed by atoms with Crippen molar-refractivity contribution in [3.63, 3.8) is 0 Å². The maximum atomic E-state index is 12.8. The van der Waals surface area contributed by atoms with Gasteiger partial charge >= 0.3 is 0 Å². The van der Waals surface area contributed by atoms with Gasteiger partial charge in [-0.15, -0.1) is 0 Å². The third-order valence-electron chi connectivity index (χ3n) is 3.72. The maximum Gasteiger partial charge on any atom is 0.262 e. The number of benzene rings is 2. The molecule has 0 radical (unpaired) electrons. The summed E-state index contributed by atoms with van der Waals surface area (Å²) in [6.45, 7) is 5.53. The zero-order valence-electron chi connectivity index (χ0n) is 14.7. The van der Waals surface area contributed by atoms with E-state index in [1.807, 2.05) is 19.1 Å². The standard InChI is InChI=1S/C19H19N3O3S/c1-13-9-14(2)19(15(3)10-13)26(23,24)22-16-5-4-6-17(11-16)25-18-12-20-7-8-21-18/h4-12,22H,1-3H3.